The van der Waals surface area contributed by atoms with Gasteiger partial charge in [0.1, 0.15) is 5.75 Å². The number of aryl methyl sites for hydroxylation is 1. The predicted octanol–water partition coefficient (Wildman–Crippen LogP) is 3.47. The van der Waals surface area contributed by atoms with Crippen LogP contribution in [0.5, 0.6) is 5.75 Å². The summed E-state index contributed by atoms with van der Waals surface area (Å²) in [4.78, 5) is 4.23. The zero-order chi connectivity index (χ0) is 13.0. The molecule has 1 aromatic carbocycles. The van der Waals surface area contributed by atoms with Crippen LogP contribution in [0, 0.1) is 12.8 Å². The minimum Gasteiger partial charge on any atom is -0.493 e. The van der Waals surface area contributed by atoms with E-state index in [1.807, 2.05) is 24.3 Å². The Bertz CT molecular complexity index is 506. The Balaban J connectivity index is 2.15. The standard InChI is InChI=1S/C14H18N2O2/c1-10(2)8-9-17-13-7-5-4-6-12(13)14-15-11(3)16-18-14/h4-7,10H,8-9H2,1-3H3. The number of aromatic nitrogens is 2. The van der Waals surface area contributed by atoms with E-state index < -0.39 is 0 Å². The molecule has 1 aromatic heterocycles. The summed E-state index contributed by atoms with van der Waals surface area (Å²) in [5, 5.41) is 3.80. The second-order valence-electron chi connectivity index (χ2n) is 4.67. The molecular weight excluding hydrogens is 228 g/mol. The minimum atomic E-state index is 0.507. The van der Waals surface area contributed by atoms with Crippen LogP contribution in [0.25, 0.3) is 11.5 Å². The molecule has 0 saturated carbocycles. The van der Waals surface area contributed by atoms with Crippen molar-refractivity contribution in [2.45, 2.75) is 27.2 Å². The first-order valence-corrected chi connectivity index (χ1v) is 6.19. The number of rotatable bonds is 5. The molecule has 18 heavy (non-hydrogen) atoms. The molecule has 4 heteroatoms. The van der Waals surface area contributed by atoms with Crippen LogP contribution in [0.1, 0.15) is 26.1 Å². The Labute approximate surface area is 107 Å². The van der Waals surface area contributed by atoms with Gasteiger partial charge in [0.15, 0.2) is 5.82 Å². The lowest BCUT2D eigenvalue weighted by Crippen LogP contribution is -2.02. The molecule has 0 amide bonds. The van der Waals surface area contributed by atoms with Crippen LogP contribution >= 0.6 is 0 Å². The van der Waals surface area contributed by atoms with Crippen LogP contribution in [0.15, 0.2) is 28.8 Å². The largest absolute Gasteiger partial charge is 0.493 e. The molecule has 0 spiro atoms. The summed E-state index contributed by atoms with van der Waals surface area (Å²) in [6, 6.07) is 7.73. The van der Waals surface area contributed by atoms with Crippen molar-refractivity contribution >= 4 is 0 Å². The molecular formula is C14H18N2O2. The second-order valence-corrected chi connectivity index (χ2v) is 4.67. The lowest BCUT2D eigenvalue weighted by molar-refractivity contribution is 0.289. The fraction of sp³-hybridized carbons (Fsp3) is 0.429. The average Bonchev–Trinajstić information content (AvgIpc) is 2.76. The van der Waals surface area contributed by atoms with Gasteiger partial charge in [-0.3, -0.25) is 0 Å². The third-order valence-corrected chi connectivity index (χ3v) is 2.60. The summed E-state index contributed by atoms with van der Waals surface area (Å²) in [6.07, 6.45) is 1.02. The van der Waals surface area contributed by atoms with E-state index in [1.54, 1.807) is 6.92 Å². The maximum atomic E-state index is 5.78. The monoisotopic (exact) mass is 246 g/mol. The Morgan fingerprint density at radius 2 is 2.06 bits per heavy atom. The van der Waals surface area contributed by atoms with E-state index in [1.165, 1.54) is 0 Å². The molecule has 0 unspecified atom stereocenters. The summed E-state index contributed by atoms with van der Waals surface area (Å²) in [6.45, 7) is 6.85. The van der Waals surface area contributed by atoms with Gasteiger partial charge in [-0.25, -0.2) is 0 Å². The van der Waals surface area contributed by atoms with E-state index in [-0.39, 0.29) is 0 Å². The fourth-order valence-electron chi connectivity index (χ4n) is 1.58. The van der Waals surface area contributed by atoms with Crippen molar-refractivity contribution in [3.8, 4) is 17.2 Å². The first-order valence-electron chi connectivity index (χ1n) is 6.19. The number of hydrogen-bond donors (Lipinski definition) is 0. The van der Waals surface area contributed by atoms with Crippen molar-refractivity contribution in [1.82, 2.24) is 10.1 Å². The maximum Gasteiger partial charge on any atom is 0.261 e. The van der Waals surface area contributed by atoms with Gasteiger partial charge in [-0.1, -0.05) is 31.1 Å². The number of hydrogen-bond acceptors (Lipinski definition) is 4. The minimum absolute atomic E-state index is 0.507. The Morgan fingerprint density at radius 3 is 2.72 bits per heavy atom. The fourth-order valence-corrected chi connectivity index (χ4v) is 1.58. The summed E-state index contributed by atoms with van der Waals surface area (Å²) in [5.74, 6) is 2.55. The van der Waals surface area contributed by atoms with Gasteiger partial charge in [-0.15, -0.1) is 0 Å². The molecule has 2 aromatic rings. The van der Waals surface area contributed by atoms with Crippen LogP contribution in [0.2, 0.25) is 0 Å². The van der Waals surface area contributed by atoms with Crippen LogP contribution in [-0.4, -0.2) is 16.7 Å². The van der Waals surface area contributed by atoms with Crippen LogP contribution in [0.3, 0.4) is 0 Å². The summed E-state index contributed by atoms with van der Waals surface area (Å²) < 4.78 is 11.0. The SMILES string of the molecule is Cc1noc(-c2ccccc2OCCC(C)C)n1. The van der Waals surface area contributed by atoms with E-state index in [0.29, 0.717) is 24.2 Å². The van der Waals surface area contributed by atoms with Crippen molar-refractivity contribution in [2.75, 3.05) is 6.61 Å². The van der Waals surface area contributed by atoms with Crippen molar-refractivity contribution < 1.29 is 9.26 Å². The zero-order valence-electron chi connectivity index (χ0n) is 11.0. The smallest absolute Gasteiger partial charge is 0.261 e. The van der Waals surface area contributed by atoms with E-state index in [9.17, 15) is 0 Å². The Kier molecular flexibility index (Phi) is 3.97. The Hall–Kier alpha value is -1.84. The number of ether oxygens (including phenoxy) is 1. The molecule has 0 aliphatic carbocycles. The molecule has 0 atom stereocenters. The molecule has 1 heterocycles. The highest BCUT2D eigenvalue weighted by molar-refractivity contribution is 5.62. The molecule has 0 saturated heterocycles. The van der Waals surface area contributed by atoms with Crippen molar-refractivity contribution in [2.24, 2.45) is 5.92 Å². The molecule has 4 nitrogen and oxygen atoms in total. The zero-order valence-corrected chi connectivity index (χ0v) is 11.0. The van der Waals surface area contributed by atoms with Crippen LogP contribution < -0.4 is 4.74 Å². The van der Waals surface area contributed by atoms with Gasteiger partial charge in [0, 0.05) is 0 Å². The molecule has 2 rings (SSSR count). The van der Waals surface area contributed by atoms with E-state index >= 15 is 0 Å². The molecule has 0 aliphatic rings. The van der Waals surface area contributed by atoms with Gasteiger partial charge in [0.05, 0.1) is 12.2 Å². The average molecular weight is 246 g/mol. The van der Waals surface area contributed by atoms with Crippen molar-refractivity contribution in [3.63, 3.8) is 0 Å². The molecule has 96 valence electrons. The molecule has 0 aliphatic heterocycles. The number of nitrogens with zero attached hydrogens (tertiary/aromatic N) is 2. The third-order valence-electron chi connectivity index (χ3n) is 2.60. The summed E-state index contributed by atoms with van der Waals surface area (Å²) in [7, 11) is 0. The van der Waals surface area contributed by atoms with Crippen LogP contribution in [-0.2, 0) is 0 Å². The normalized spacial score (nSPS) is 10.9. The number of benzene rings is 1. The van der Waals surface area contributed by atoms with Crippen molar-refractivity contribution in [3.05, 3.63) is 30.1 Å². The first kappa shape index (κ1) is 12.6. The molecule has 0 N–H and O–H groups in total. The lowest BCUT2D eigenvalue weighted by Gasteiger charge is -2.10. The van der Waals surface area contributed by atoms with Crippen molar-refractivity contribution in [1.29, 1.82) is 0 Å². The molecule has 0 fully saturated rings. The van der Waals surface area contributed by atoms with Gasteiger partial charge >= 0.3 is 0 Å². The Morgan fingerprint density at radius 1 is 1.28 bits per heavy atom. The predicted molar refractivity (Wildman–Crippen MR) is 69.4 cm³/mol. The van der Waals surface area contributed by atoms with E-state index in [4.69, 9.17) is 9.26 Å². The highest BCUT2D eigenvalue weighted by Gasteiger charge is 2.12. The highest BCUT2D eigenvalue weighted by Crippen LogP contribution is 2.28. The molecule has 0 radical (unpaired) electrons. The van der Waals surface area contributed by atoms with Gasteiger partial charge in [-0.05, 0) is 31.4 Å². The maximum absolute atomic E-state index is 5.78. The topological polar surface area (TPSA) is 48.2 Å². The summed E-state index contributed by atoms with van der Waals surface area (Å²) in [5.41, 5.74) is 0.849. The van der Waals surface area contributed by atoms with Gasteiger partial charge in [0.2, 0.25) is 0 Å². The number of para-hydroxylation sites is 1. The quantitative estimate of drug-likeness (QED) is 0.810. The first-order chi connectivity index (χ1) is 8.66. The second kappa shape index (κ2) is 5.67. The van der Waals surface area contributed by atoms with Gasteiger partial charge in [-0.2, -0.15) is 4.98 Å². The van der Waals surface area contributed by atoms with E-state index in [0.717, 1.165) is 17.7 Å². The highest BCUT2D eigenvalue weighted by atomic mass is 16.5. The summed E-state index contributed by atoms with van der Waals surface area (Å²) >= 11 is 0. The van der Waals surface area contributed by atoms with E-state index in [2.05, 4.69) is 24.0 Å². The molecule has 0 bridgehead atoms. The third kappa shape index (κ3) is 3.09. The van der Waals surface area contributed by atoms with Gasteiger partial charge < -0.3 is 9.26 Å². The van der Waals surface area contributed by atoms with Crippen LogP contribution in [0.4, 0.5) is 0 Å². The van der Waals surface area contributed by atoms with Gasteiger partial charge in [0.25, 0.3) is 5.89 Å². The lowest BCUT2D eigenvalue weighted by atomic mass is 10.1.